The number of rotatable bonds is 3. The lowest BCUT2D eigenvalue weighted by Crippen LogP contribution is -2.19. The van der Waals surface area contributed by atoms with Gasteiger partial charge in [-0.3, -0.25) is 9.93 Å². The zero-order valence-electron chi connectivity index (χ0n) is 7.44. The van der Waals surface area contributed by atoms with Crippen LogP contribution in [0, 0.1) is 0 Å². The fourth-order valence-corrected chi connectivity index (χ4v) is 1.11. The van der Waals surface area contributed by atoms with Crippen molar-refractivity contribution in [2.45, 2.75) is 0 Å². The van der Waals surface area contributed by atoms with Crippen molar-refractivity contribution >= 4 is 23.5 Å². The van der Waals surface area contributed by atoms with Gasteiger partial charge in [0.1, 0.15) is 5.70 Å². The fourth-order valence-electron chi connectivity index (χ4n) is 0.852. The van der Waals surface area contributed by atoms with E-state index in [1.54, 1.807) is 12.1 Å². The summed E-state index contributed by atoms with van der Waals surface area (Å²) in [5, 5.41) is 9.15. The van der Waals surface area contributed by atoms with Gasteiger partial charge in [0.25, 0.3) is 5.91 Å². The number of anilines is 1. The van der Waals surface area contributed by atoms with E-state index in [2.05, 4.69) is 5.32 Å². The number of nitrogens with one attached hydrogen (secondary N) is 1. The maximum atomic E-state index is 11.3. The van der Waals surface area contributed by atoms with Crippen LogP contribution in [0.1, 0.15) is 0 Å². The molecular formula is C9H11N3OS. The molecule has 0 aromatic heterocycles. The highest BCUT2D eigenvalue weighted by Crippen LogP contribution is 2.06. The zero-order valence-corrected chi connectivity index (χ0v) is 8.25. The predicted molar refractivity (Wildman–Crippen MR) is 59.1 cm³/mol. The van der Waals surface area contributed by atoms with E-state index in [0.717, 1.165) is 11.9 Å². The third-order valence-electron chi connectivity index (χ3n) is 1.49. The largest absolute Gasteiger partial charge is 0.394 e. The first-order valence-electron chi connectivity index (χ1n) is 3.91. The molecule has 0 atom stereocenters. The molecule has 0 heterocycles. The summed E-state index contributed by atoms with van der Waals surface area (Å²) < 4.78 is 0. The van der Waals surface area contributed by atoms with E-state index in [0.29, 0.717) is 5.69 Å². The summed E-state index contributed by atoms with van der Waals surface area (Å²) in [5.74, 6) is -0.353. The summed E-state index contributed by atoms with van der Waals surface area (Å²) in [7, 11) is 0. The van der Waals surface area contributed by atoms with Gasteiger partial charge >= 0.3 is 0 Å². The van der Waals surface area contributed by atoms with E-state index in [4.69, 9.17) is 10.9 Å². The van der Waals surface area contributed by atoms with Gasteiger partial charge in [0.15, 0.2) is 0 Å². The molecule has 0 radical (unpaired) electrons. The van der Waals surface area contributed by atoms with Crippen molar-refractivity contribution in [2.24, 2.45) is 10.9 Å². The molecule has 0 aliphatic rings. The Balaban J connectivity index is 2.62. The fraction of sp³-hybridized carbons (Fsp3) is 0. The zero-order chi connectivity index (χ0) is 10.4. The first-order valence-corrected chi connectivity index (χ1v) is 4.86. The van der Waals surface area contributed by atoms with E-state index in [1.165, 1.54) is 5.41 Å². The van der Waals surface area contributed by atoms with E-state index in [9.17, 15) is 4.79 Å². The Kier molecular flexibility index (Phi) is 4.03. The van der Waals surface area contributed by atoms with Gasteiger partial charge in [-0.2, -0.15) is 0 Å². The van der Waals surface area contributed by atoms with Crippen molar-refractivity contribution in [3.8, 4) is 0 Å². The van der Waals surface area contributed by atoms with Gasteiger partial charge in [-0.05, 0) is 12.1 Å². The van der Waals surface area contributed by atoms with E-state index >= 15 is 0 Å². The molecule has 0 unspecified atom stereocenters. The molecular weight excluding hydrogens is 198 g/mol. The van der Waals surface area contributed by atoms with Gasteiger partial charge in [0.05, 0.1) is 0 Å². The third kappa shape index (κ3) is 3.12. The lowest BCUT2D eigenvalue weighted by atomic mass is 10.3. The molecule has 0 spiro atoms. The Bertz CT molecular complexity index is 337. The van der Waals surface area contributed by atoms with E-state index in [1.807, 2.05) is 18.2 Å². The Morgan fingerprint density at radius 2 is 2.00 bits per heavy atom. The molecule has 1 aromatic rings. The second-order valence-electron chi connectivity index (χ2n) is 2.53. The average Bonchev–Trinajstić information content (AvgIpc) is 2.19. The number of benzene rings is 1. The van der Waals surface area contributed by atoms with Crippen LogP contribution < -0.4 is 16.2 Å². The van der Waals surface area contributed by atoms with Crippen LogP contribution in [0.4, 0.5) is 5.69 Å². The second-order valence-corrected chi connectivity index (χ2v) is 3.04. The molecule has 1 aromatic carbocycles. The van der Waals surface area contributed by atoms with E-state index in [-0.39, 0.29) is 11.6 Å². The Labute approximate surface area is 86.5 Å². The van der Waals surface area contributed by atoms with Crippen LogP contribution in [0.25, 0.3) is 0 Å². The SMILES string of the molecule is NS/C=C(\N)C(=O)Nc1ccccc1. The maximum absolute atomic E-state index is 11.3. The Morgan fingerprint density at radius 3 is 2.57 bits per heavy atom. The molecule has 1 rings (SSSR count). The van der Waals surface area contributed by atoms with Crippen LogP contribution in [0.5, 0.6) is 0 Å². The van der Waals surface area contributed by atoms with Crippen LogP contribution in [-0.4, -0.2) is 5.91 Å². The van der Waals surface area contributed by atoms with Crippen LogP contribution in [0.2, 0.25) is 0 Å². The van der Waals surface area contributed by atoms with Crippen LogP contribution >= 0.6 is 11.9 Å². The molecule has 0 aliphatic heterocycles. The summed E-state index contributed by atoms with van der Waals surface area (Å²) in [4.78, 5) is 11.3. The normalized spacial score (nSPS) is 11.1. The third-order valence-corrected chi connectivity index (χ3v) is 1.88. The van der Waals surface area contributed by atoms with Crippen LogP contribution in [0.3, 0.4) is 0 Å². The van der Waals surface area contributed by atoms with Gasteiger partial charge in [-0.1, -0.05) is 30.1 Å². The smallest absolute Gasteiger partial charge is 0.272 e. The summed E-state index contributed by atoms with van der Waals surface area (Å²) in [6, 6.07) is 9.08. The molecule has 14 heavy (non-hydrogen) atoms. The van der Waals surface area contributed by atoms with Crippen LogP contribution in [0.15, 0.2) is 41.4 Å². The van der Waals surface area contributed by atoms with Gasteiger partial charge in [0.2, 0.25) is 0 Å². The summed E-state index contributed by atoms with van der Waals surface area (Å²) in [6.07, 6.45) is 0. The molecule has 0 saturated carbocycles. The van der Waals surface area contributed by atoms with Crippen molar-refractivity contribution in [3.05, 3.63) is 41.4 Å². The average molecular weight is 209 g/mol. The predicted octanol–water partition coefficient (Wildman–Crippen LogP) is 1.03. The Hall–Kier alpha value is -1.46. The number of amides is 1. The van der Waals surface area contributed by atoms with Gasteiger partial charge < -0.3 is 11.1 Å². The van der Waals surface area contributed by atoms with Gasteiger partial charge in [0, 0.05) is 11.1 Å². The topological polar surface area (TPSA) is 81.1 Å². The molecule has 1 amide bonds. The maximum Gasteiger partial charge on any atom is 0.272 e. The van der Waals surface area contributed by atoms with Crippen molar-refractivity contribution in [2.75, 3.05) is 5.32 Å². The highest BCUT2D eigenvalue weighted by molar-refractivity contribution is 8.00. The number of carbonyl (C=O) groups excluding carboxylic acids is 1. The molecule has 4 nitrogen and oxygen atoms in total. The minimum Gasteiger partial charge on any atom is -0.394 e. The molecule has 5 heteroatoms. The minimum atomic E-state index is -0.353. The number of para-hydroxylation sites is 1. The standard InChI is InChI=1S/C9H11N3OS/c10-8(6-14-11)9(13)12-7-4-2-1-3-5-7/h1-6H,10-11H2,(H,12,13)/b8-6-. The first kappa shape index (κ1) is 10.6. The number of nitrogens with two attached hydrogens (primary N) is 2. The first-order chi connectivity index (χ1) is 6.74. The van der Waals surface area contributed by atoms with Crippen molar-refractivity contribution < 1.29 is 4.79 Å². The van der Waals surface area contributed by atoms with Crippen molar-refractivity contribution in [3.63, 3.8) is 0 Å². The Morgan fingerprint density at radius 1 is 1.36 bits per heavy atom. The monoisotopic (exact) mass is 209 g/mol. The van der Waals surface area contributed by atoms with Crippen molar-refractivity contribution in [1.29, 1.82) is 0 Å². The minimum absolute atomic E-state index is 0.0985. The second kappa shape index (κ2) is 5.31. The lowest BCUT2D eigenvalue weighted by molar-refractivity contribution is -0.112. The van der Waals surface area contributed by atoms with Gasteiger partial charge in [-0.15, -0.1) is 0 Å². The summed E-state index contributed by atoms with van der Waals surface area (Å²) >= 11 is 0.901. The van der Waals surface area contributed by atoms with Gasteiger partial charge in [-0.25, -0.2) is 0 Å². The molecule has 74 valence electrons. The molecule has 0 saturated heterocycles. The lowest BCUT2D eigenvalue weighted by Gasteiger charge is -2.03. The van der Waals surface area contributed by atoms with Crippen molar-refractivity contribution in [1.82, 2.24) is 0 Å². The van der Waals surface area contributed by atoms with E-state index < -0.39 is 0 Å². The molecule has 5 N–H and O–H groups in total. The highest BCUT2D eigenvalue weighted by atomic mass is 32.2. The summed E-state index contributed by atoms with van der Waals surface area (Å²) in [5.41, 5.74) is 6.23. The molecule has 0 bridgehead atoms. The summed E-state index contributed by atoms with van der Waals surface area (Å²) in [6.45, 7) is 0. The molecule has 0 aliphatic carbocycles. The highest BCUT2D eigenvalue weighted by Gasteiger charge is 2.04. The number of hydrogen-bond acceptors (Lipinski definition) is 4. The quantitative estimate of drug-likeness (QED) is 0.513. The number of carbonyl (C=O) groups is 1. The molecule has 0 fully saturated rings. The number of hydrogen-bond donors (Lipinski definition) is 3. The van der Waals surface area contributed by atoms with Crippen LogP contribution in [-0.2, 0) is 4.79 Å².